The Morgan fingerprint density at radius 1 is 1.48 bits per heavy atom. The fraction of sp³-hybridized carbons (Fsp3) is 0.438. The van der Waals surface area contributed by atoms with E-state index in [2.05, 4.69) is 22.9 Å². The van der Waals surface area contributed by atoms with Crippen LogP contribution >= 0.6 is 15.9 Å². The highest BCUT2D eigenvalue weighted by Crippen LogP contribution is 2.49. The van der Waals surface area contributed by atoms with Crippen molar-refractivity contribution in [3.8, 4) is 0 Å². The third-order valence-electron chi connectivity index (χ3n) is 4.34. The van der Waals surface area contributed by atoms with Crippen molar-refractivity contribution in [2.24, 2.45) is 0 Å². The molecule has 21 heavy (non-hydrogen) atoms. The Morgan fingerprint density at radius 2 is 2.19 bits per heavy atom. The van der Waals surface area contributed by atoms with E-state index in [4.69, 9.17) is 9.57 Å². The third-order valence-corrected chi connectivity index (χ3v) is 5.09. The van der Waals surface area contributed by atoms with E-state index in [9.17, 15) is 4.79 Å². The van der Waals surface area contributed by atoms with Gasteiger partial charge in [-0.3, -0.25) is 0 Å². The quantitative estimate of drug-likeness (QED) is 0.619. The Labute approximate surface area is 132 Å². The van der Waals surface area contributed by atoms with Crippen LogP contribution in [0.4, 0.5) is 0 Å². The molecule has 2 aliphatic rings. The van der Waals surface area contributed by atoms with E-state index in [1.165, 1.54) is 7.11 Å². The monoisotopic (exact) mass is 351 g/mol. The molecule has 1 saturated heterocycles. The number of carbonyl (C=O) groups excluding carboxylic acids is 1. The lowest BCUT2D eigenvalue weighted by Crippen LogP contribution is -2.43. The Bertz CT molecular complexity index is 586. The number of carbonyl (C=O) groups is 1. The normalized spacial score (nSPS) is 28.4. The van der Waals surface area contributed by atoms with Crippen molar-refractivity contribution in [2.45, 2.75) is 31.3 Å². The smallest absolute Gasteiger partial charge is 0.339 e. The minimum Gasteiger partial charge on any atom is -0.465 e. The SMILES string of the molecule is COC(=O)C1=C(c2ccccc2)ON2[C@@H](CBr)CC[C@]12C. The van der Waals surface area contributed by atoms with Gasteiger partial charge in [-0.25, -0.2) is 4.79 Å². The summed E-state index contributed by atoms with van der Waals surface area (Å²) in [5.41, 5.74) is 1.11. The summed E-state index contributed by atoms with van der Waals surface area (Å²) in [6.07, 6.45) is 1.87. The van der Waals surface area contributed by atoms with Gasteiger partial charge in [0.1, 0.15) is 5.57 Å². The van der Waals surface area contributed by atoms with E-state index in [-0.39, 0.29) is 12.0 Å². The van der Waals surface area contributed by atoms with Gasteiger partial charge in [-0.15, -0.1) is 5.06 Å². The summed E-state index contributed by atoms with van der Waals surface area (Å²) in [6.45, 7) is 2.05. The van der Waals surface area contributed by atoms with E-state index in [1.807, 2.05) is 35.4 Å². The van der Waals surface area contributed by atoms with Crippen LogP contribution < -0.4 is 0 Å². The molecule has 2 aliphatic heterocycles. The second-order valence-corrected chi connectivity index (χ2v) is 6.25. The second-order valence-electron chi connectivity index (χ2n) is 5.60. The van der Waals surface area contributed by atoms with Crippen LogP contribution in [0, 0.1) is 0 Å². The molecular formula is C16H18BrNO3. The van der Waals surface area contributed by atoms with Crippen molar-refractivity contribution in [2.75, 3.05) is 12.4 Å². The molecule has 2 atom stereocenters. The number of rotatable bonds is 3. The Hall–Kier alpha value is -1.33. The lowest BCUT2D eigenvalue weighted by atomic mass is 9.88. The standard InChI is InChI=1S/C16H18BrNO3/c1-16-9-8-12(10-17)18(16)21-14(13(16)15(19)20-2)11-6-4-3-5-7-11/h3-7,12H,8-10H2,1-2H3/t12-,16-/m1/s1. The van der Waals surface area contributed by atoms with Crippen molar-refractivity contribution in [1.29, 1.82) is 0 Å². The molecule has 0 aliphatic carbocycles. The number of ether oxygens (including phenoxy) is 1. The van der Waals surface area contributed by atoms with Gasteiger partial charge in [0.2, 0.25) is 0 Å². The first-order chi connectivity index (χ1) is 10.1. The second kappa shape index (κ2) is 5.46. The molecule has 0 unspecified atom stereocenters. The molecule has 5 heteroatoms. The van der Waals surface area contributed by atoms with Gasteiger partial charge < -0.3 is 9.57 Å². The lowest BCUT2D eigenvalue weighted by molar-refractivity contribution is -0.142. The number of halogens is 1. The van der Waals surface area contributed by atoms with E-state index in [0.29, 0.717) is 11.3 Å². The maximum Gasteiger partial charge on any atom is 0.339 e. The zero-order valence-electron chi connectivity index (χ0n) is 12.1. The van der Waals surface area contributed by atoms with Gasteiger partial charge in [0, 0.05) is 10.9 Å². The van der Waals surface area contributed by atoms with Crippen LogP contribution in [0.15, 0.2) is 35.9 Å². The van der Waals surface area contributed by atoms with Crippen molar-refractivity contribution < 1.29 is 14.4 Å². The minimum atomic E-state index is -0.420. The van der Waals surface area contributed by atoms with Gasteiger partial charge >= 0.3 is 5.97 Å². The van der Waals surface area contributed by atoms with Crippen LogP contribution in [0.5, 0.6) is 0 Å². The molecule has 4 nitrogen and oxygen atoms in total. The van der Waals surface area contributed by atoms with Crippen LogP contribution in [0.2, 0.25) is 0 Å². The first-order valence-corrected chi connectivity index (χ1v) is 8.15. The molecule has 3 rings (SSSR count). The van der Waals surface area contributed by atoms with E-state index < -0.39 is 5.54 Å². The van der Waals surface area contributed by atoms with E-state index in [0.717, 1.165) is 23.7 Å². The van der Waals surface area contributed by atoms with Crippen LogP contribution in [-0.4, -0.2) is 35.1 Å². The fourth-order valence-corrected chi connectivity index (χ4v) is 3.80. The molecule has 0 saturated carbocycles. The highest BCUT2D eigenvalue weighted by atomic mass is 79.9. The molecular weight excluding hydrogens is 334 g/mol. The summed E-state index contributed by atoms with van der Waals surface area (Å²) in [4.78, 5) is 18.4. The largest absolute Gasteiger partial charge is 0.465 e. The number of benzene rings is 1. The average Bonchev–Trinajstić information content (AvgIpc) is 2.99. The Kier molecular flexibility index (Phi) is 3.80. The number of nitrogens with zero attached hydrogens (tertiary/aromatic N) is 1. The van der Waals surface area contributed by atoms with Crippen LogP contribution in [0.25, 0.3) is 5.76 Å². The molecule has 1 aromatic carbocycles. The summed E-state index contributed by atoms with van der Waals surface area (Å²) in [6, 6.07) is 9.99. The first kappa shape index (κ1) is 14.6. The molecule has 1 fully saturated rings. The topological polar surface area (TPSA) is 38.8 Å². The van der Waals surface area contributed by atoms with Gasteiger partial charge in [-0.1, -0.05) is 46.3 Å². The van der Waals surface area contributed by atoms with E-state index in [1.54, 1.807) is 0 Å². The number of fused-ring (bicyclic) bond motifs is 1. The Balaban J connectivity index is 2.10. The highest BCUT2D eigenvalue weighted by Gasteiger charge is 2.55. The summed E-state index contributed by atoms with van der Waals surface area (Å²) in [5.74, 6) is 0.310. The molecule has 0 bridgehead atoms. The minimum absolute atomic E-state index is 0.260. The van der Waals surface area contributed by atoms with Crippen LogP contribution in [0.3, 0.4) is 0 Å². The van der Waals surface area contributed by atoms with Crippen LogP contribution in [0.1, 0.15) is 25.3 Å². The predicted octanol–water partition coefficient (Wildman–Crippen LogP) is 3.13. The maximum absolute atomic E-state index is 12.3. The number of hydrogen-bond acceptors (Lipinski definition) is 4. The van der Waals surface area contributed by atoms with Crippen LogP contribution in [-0.2, 0) is 14.4 Å². The van der Waals surface area contributed by atoms with Gasteiger partial charge in [-0.2, -0.15) is 0 Å². The molecule has 0 spiro atoms. The first-order valence-electron chi connectivity index (χ1n) is 7.03. The van der Waals surface area contributed by atoms with Crippen molar-refractivity contribution >= 4 is 27.7 Å². The average molecular weight is 352 g/mol. The lowest BCUT2D eigenvalue weighted by Gasteiger charge is -2.29. The number of alkyl halides is 1. The maximum atomic E-state index is 12.3. The molecule has 1 aromatic rings. The van der Waals surface area contributed by atoms with Gasteiger partial charge in [0.15, 0.2) is 5.76 Å². The number of hydroxylamine groups is 2. The molecule has 0 N–H and O–H groups in total. The van der Waals surface area contributed by atoms with Gasteiger partial charge in [0.25, 0.3) is 0 Å². The molecule has 0 amide bonds. The summed E-state index contributed by atoms with van der Waals surface area (Å²) in [5, 5.41) is 2.77. The van der Waals surface area contributed by atoms with Gasteiger partial charge in [-0.05, 0) is 19.8 Å². The highest BCUT2D eigenvalue weighted by molar-refractivity contribution is 9.09. The van der Waals surface area contributed by atoms with Crippen molar-refractivity contribution in [3.63, 3.8) is 0 Å². The number of esters is 1. The number of methoxy groups -OCH3 is 1. The summed E-state index contributed by atoms with van der Waals surface area (Å²) < 4.78 is 5.01. The zero-order chi connectivity index (χ0) is 15.0. The fourth-order valence-electron chi connectivity index (χ4n) is 3.22. The predicted molar refractivity (Wildman–Crippen MR) is 83.5 cm³/mol. The van der Waals surface area contributed by atoms with Gasteiger partial charge in [0.05, 0.1) is 18.7 Å². The molecule has 2 heterocycles. The Morgan fingerprint density at radius 3 is 2.81 bits per heavy atom. The molecule has 0 aromatic heterocycles. The van der Waals surface area contributed by atoms with E-state index >= 15 is 0 Å². The molecule has 0 radical (unpaired) electrons. The van der Waals surface area contributed by atoms with Crippen molar-refractivity contribution in [1.82, 2.24) is 5.06 Å². The number of hydrogen-bond donors (Lipinski definition) is 0. The third kappa shape index (κ3) is 2.19. The summed E-state index contributed by atoms with van der Waals surface area (Å²) in [7, 11) is 1.42. The van der Waals surface area contributed by atoms with Crippen molar-refractivity contribution in [3.05, 3.63) is 41.5 Å². The zero-order valence-corrected chi connectivity index (χ0v) is 13.7. The summed E-state index contributed by atoms with van der Waals surface area (Å²) >= 11 is 3.53. The molecule has 112 valence electrons.